The molecular formula is C24H24ClNO5. The van der Waals surface area contributed by atoms with Gasteiger partial charge in [0.15, 0.2) is 11.5 Å². The van der Waals surface area contributed by atoms with E-state index in [4.69, 9.17) is 30.5 Å². The standard InChI is InChI=1S/C24H24ClNO5/c1-28-21-14-18(24(27)26-12-13-30-20-10-8-19(25)9-11-20)15-22(29-2)23(21)31-16-17-6-4-3-5-7-17/h3-11,14-15H,12-13,16H2,1-2H3,(H,26,27). The number of hydrogen-bond acceptors (Lipinski definition) is 5. The number of halogens is 1. The predicted octanol–water partition coefficient (Wildman–Crippen LogP) is 4.75. The summed E-state index contributed by atoms with van der Waals surface area (Å²) in [6.07, 6.45) is 0. The Hall–Kier alpha value is -3.38. The van der Waals surface area contributed by atoms with Crippen LogP contribution in [-0.2, 0) is 6.61 Å². The molecule has 162 valence electrons. The average Bonchev–Trinajstić information content (AvgIpc) is 2.81. The molecule has 0 aliphatic carbocycles. The highest BCUT2D eigenvalue weighted by molar-refractivity contribution is 6.30. The lowest BCUT2D eigenvalue weighted by atomic mass is 10.1. The van der Waals surface area contributed by atoms with E-state index in [-0.39, 0.29) is 5.91 Å². The van der Waals surface area contributed by atoms with Gasteiger partial charge in [0.25, 0.3) is 5.91 Å². The molecule has 0 aromatic heterocycles. The molecule has 0 bridgehead atoms. The Labute approximate surface area is 186 Å². The second-order valence-electron chi connectivity index (χ2n) is 6.54. The van der Waals surface area contributed by atoms with Gasteiger partial charge in [-0.15, -0.1) is 0 Å². The maximum Gasteiger partial charge on any atom is 0.251 e. The third-order valence-corrected chi connectivity index (χ3v) is 4.67. The summed E-state index contributed by atoms with van der Waals surface area (Å²) in [6, 6.07) is 20.0. The highest BCUT2D eigenvalue weighted by Gasteiger charge is 2.18. The van der Waals surface area contributed by atoms with Crippen LogP contribution in [0.1, 0.15) is 15.9 Å². The first-order valence-electron chi connectivity index (χ1n) is 9.70. The topological polar surface area (TPSA) is 66.0 Å². The smallest absolute Gasteiger partial charge is 0.251 e. The van der Waals surface area contributed by atoms with E-state index in [1.54, 1.807) is 36.4 Å². The fourth-order valence-electron chi connectivity index (χ4n) is 2.85. The van der Waals surface area contributed by atoms with Crippen LogP contribution in [-0.4, -0.2) is 33.3 Å². The number of hydrogen-bond donors (Lipinski definition) is 1. The number of ether oxygens (including phenoxy) is 4. The van der Waals surface area contributed by atoms with Crippen molar-refractivity contribution in [2.75, 3.05) is 27.4 Å². The number of amides is 1. The summed E-state index contributed by atoms with van der Waals surface area (Å²) >= 11 is 5.85. The van der Waals surface area contributed by atoms with Gasteiger partial charge in [-0.3, -0.25) is 4.79 Å². The molecule has 0 atom stereocenters. The Balaban J connectivity index is 1.62. The molecule has 0 aliphatic heterocycles. The maximum absolute atomic E-state index is 12.6. The second kappa shape index (κ2) is 11.1. The fraction of sp³-hybridized carbons (Fsp3) is 0.208. The average molecular weight is 442 g/mol. The molecule has 3 rings (SSSR count). The second-order valence-corrected chi connectivity index (χ2v) is 6.98. The third-order valence-electron chi connectivity index (χ3n) is 4.42. The molecular weight excluding hydrogens is 418 g/mol. The zero-order valence-corrected chi connectivity index (χ0v) is 18.1. The van der Waals surface area contributed by atoms with Gasteiger partial charge in [-0.25, -0.2) is 0 Å². The molecule has 0 heterocycles. The molecule has 0 unspecified atom stereocenters. The van der Waals surface area contributed by atoms with Crippen LogP contribution in [0.2, 0.25) is 5.02 Å². The van der Waals surface area contributed by atoms with E-state index in [2.05, 4.69) is 5.32 Å². The zero-order valence-electron chi connectivity index (χ0n) is 17.4. The van der Waals surface area contributed by atoms with Gasteiger partial charge < -0.3 is 24.3 Å². The molecule has 1 amide bonds. The summed E-state index contributed by atoms with van der Waals surface area (Å²) in [7, 11) is 3.04. The lowest BCUT2D eigenvalue weighted by Gasteiger charge is -2.16. The predicted molar refractivity (Wildman–Crippen MR) is 120 cm³/mol. The van der Waals surface area contributed by atoms with Crippen molar-refractivity contribution >= 4 is 17.5 Å². The summed E-state index contributed by atoms with van der Waals surface area (Å²) in [5.41, 5.74) is 1.40. The molecule has 7 heteroatoms. The van der Waals surface area contributed by atoms with Crippen molar-refractivity contribution in [3.05, 3.63) is 82.9 Å². The molecule has 0 radical (unpaired) electrons. The third kappa shape index (κ3) is 6.30. The van der Waals surface area contributed by atoms with Gasteiger partial charge in [0.05, 0.1) is 20.8 Å². The van der Waals surface area contributed by atoms with Crippen molar-refractivity contribution in [2.24, 2.45) is 0 Å². The Bertz CT molecular complexity index is 968. The van der Waals surface area contributed by atoms with Crippen LogP contribution in [0.4, 0.5) is 0 Å². The molecule has 0 saturated heterocycles. The van der Waals surface area contributed by atoms with Crippen molar-refractivity contribution in [1.82, 2.24) is 5.32 Å². The van der Waals surface area contributed by atoms with Crippen molar-refractivity contribution < 1.29 is 23.7 Å². The van der Waals surface area contributed by atoms with Crippen molar-refractivity contribution in [3.63, 3.8) is 0 Å². The van der Waals surface area contributed by atoms with Gasteiger partial charge in [-0.2, -0.15) is 0 Å². The van der Waals surface area contributed by atoms with Gasteiger partial charge in [0.1, 0.15) is 19.0 Å². The van der Waals surface area contributed by atoms with Crippen LogP contribution in [0.5, 0.6) is 23.0 Å². The van der Waals surface area contributed by atoms with E-state index >= 15 is 0 Å². The van der Waals surface area contributed by atoms with Crippen LogP contribution in [0.15, 0.2) is 66.7 Å². The number of benzene rings is 3. The van der Waals surface area contributed by atoms with Gasteiger partial charge in [0, 0.05) is 10.6 Å². The molecule has 6 nitrogen and oxygen atoms in total. The van der Waals surface area contributed by atoms with E-state index in [1.165, 1.54) is 14.2 Å². The van der Waals surface area contributed by atoms with Crippen LogP contribution < -0.4 is 24.3 Å². The molecule has 0 fully saturated rings. The summed E-state index contributed by atoms with van der Waals surface area (Å²) < 4.78 is 22.4. The summed E-state index contributed by atoms with van der Waals surface area (Å²) in [4.78, 5) is 12.6. The monoisotopic (exact) mass is 441 g/mol. The Morgan fingerprint density at radius 1 is 0.903 bits per heavy atom. The number of methoxy groups -OCH3 is 2. The SMILES string of the molecule is COc1cc(C(=O)NCCOc2ccc(Cl)cc2)cc(OC)c1OCc1ccccc1. The van der Waals surface area contributed by atoms with Crippen LogP contribution in [0.3, 0.4) is 0 Å². The van der Waals surface area contributed by atoms with Crippen LogP contribution in [0.25, 0.3) is 0 Å². The summed E-state index contributed by atoms with van der Waals surface area (Å²) in [5.74, 6) is 1.68. The van der Waals surface area contributed by atoms with Crippen molar-refractivity contribution in [3.8, 4) is 23.0 Å². The molecule has 3 aromatic rings. The van der Waals surface area contributed by atoms with Gasteiger partial charge in [0.2, 0.25) is 5.75 Å². The number of carbonyl (C=O) groups excluding carboxylic acids is 1. The van der Waals surface area contributed by atoms with E-state index in [0.29, 0.717) is 53.3 Å². The lowest BCUT2D eigenvalue weighted by molar-refractivity contribution is 0.0946. The van der Waals surface area contributed by atoms with E-state index < -0.39 is 0 Å². The highest BCUT2D eigenvalue weighted by Crippen LogP contribution is 2.39. The minimum atomic E-state index is -0.272. The Morgan fingerprint density at radius 2 is 1.55 bits per heavy atom. The molecule has 1 N–H and O–H groups in total. The first-order valence-corrected chi connectivity index (χ1v) is 10.1. The number of rotatable bonds is 10. The normalized spacial score (nSPS) is 10.3. The summed E-state index contributed by atoms with van der Waals surface area (Å²) in [6.45, 7) is 0.999. The first-order chi connectivity index (χ1) is 15.1. The summed E-state index contributed by atoms with van der Waals surface area (Å²) in [5, 5.41) is 3.46. The molecule has 0 spiro atoms. The number of nitrogens with one attached hydrogen (secondary N) is 1. The maximum atomic E-state index is 12.6. The lowest BCUT2D eigenvalue weighted by Crippen LogP contribution is -2.28. The van der Waals surface area contributed by atoms with Crippen molar-refractivity contribution in [1.29, 1.82) is 0 Å². The van der Waals surface area contributed by atoms with Crippen LogP contribution in [0, 0.1) is 0 Å². The largest absolute Gasteiger partial charge is 0.493 e. The quantitative estimate of drug-likeness (QED) is 0.460. The van der Waals surface area contributed by atoms with E-state index in [1.807, 2.05) is 30.3 Å². The Kier molecular flexibility index (Phi) is 8.01. The molecule has 0 aliphatic rings. The van der Waals surface area contributed by atoms with E-state index in [0.717, 1.165) is 5.56 Å². The number of carbonyl (C=O) groups is 1. The minimum Gasteiger partial charge on any atom is -0.493 e. The van der Waals surface area contributed by atoms with Crippen molar-refractivity contribution in [2.45, 2.75) is 6.61 Å². The molecule has 3 aromatic carbocycles. The molecule has 31 heavy (non-hydrogen) atoms. The Morgan fingerprint density at radius 3 is 2.16 bits per heavy atom. The van der Waals surface area contributed by atoms with E-state index in [9.17, 15) is 4.79 Å². The molecule has 0 saturated carbocycles. The first kappa shape index (κ1) is 22.3. The fourth-order valence-corrected chi connectivity index (χ4v) is 2.98. The van der Waals surface area contributed by atoms with Crippen LogP contribution >= 0.6 is 11.6 Å². The minimum absolute atomic E-state index is 0.272. The van der Waals surface area contributed by atoms with Gasteiger partial charge >= 0.3 is 0 Å². The zero-order chi connectivity index (χ0) is 22.1. The van der Waals surface area contributed by atoms with Gasteiger partial charge in [-0.1, -0.05) is 41.9 Å². The van der Waals surface area contributed by atoms with Gasteiger partial charge in [-0.05, 0) is 42.0 Å². The highest BCUT2D eigenvalue weighted by atomic mass is 35.5.